The van der Waals surface area contributed by atoms with Crippen molar-refractivity contribution in [2.75, 3.05) is 45.0 Å². The van der Waals surface area contributed by atoms with Gasteiger partial charge in [-0.15, -0.1) is 6.42 Å². The minimum Gasteiger partial charge on any atom is -0.468 e. The SMILES string of the molecule is C#Cc1c(F)ccc2cc(OCOC)cc(-c3nc4c5c(nc(OC[C@@]67CCCN6C[C@H](F)C7)nc5c3F)N3CC(CC)N(C(=O)OC(C)(C)C)[C@@H](C)[C@H]3CCC4)c12. The summed E-state index contributed by atoms with van der Waals surface area (Å²) in [5, 5.41) is 1.28. The van der Waals surface area contributed by atoms with Gasteiger partial charge in [0.2, 0.25) is 0 Å². The molecule has 1 unspecified atom stereocenters. The number of hydrogen-bond acceptors (Lipinski definition) is 10. The number of fused-ring (bicyclic) bond motifs is 4. The number of terminal acetylenes is 1. The maximum absolute atomic E-state index is 17.7. The number of benzene rings is 2. The molecule has 0 spiro atoms. The molecule has 5 atom stereocenters. The van der Waals surface area contributed by atoms with Gasteiger partial charge in [-0.2, -0.15) is 9.97 Å². The molecule has 11 nitrogen and oxygen atoms in total. The van der Waals surface area contributed by atoms with Crippen molar-refractivity contribution >= 4 is 33.6 Å². The van der Waals surface area contributed by atoms with E-state index in [4.69, 9.17) is 40.3 Å². The van der Waals surface area contributed by atoms with E-state index in [0.717, 1.165) is 19.4 Å². The fourth-order valence-corrected chi connectivity index (χ4v) is 9.74. The Hall–Kier alpha value is -4.87. The van der Waals surface area contributed by atoms with Crippen molar-refractivity contribution < 1.29 is 36.9 Å². The highest BCUT2D eigenvalue weighted by Gasteiger charge is 2.50. The van der Waals surface area contributed by atoms with E-state index in [0.29, 0.717) is 78.6 Å². The number of carbonyl (C=O) groups excluding carboxylic acids is 1. The van der Waals surface area contributed by atoms with Crippen LogP contribution in [0.1, 0.15) is 84.4 Å². The van der Waals surface area contributed by atoms with Gasteiger partial charge in [-0.05, 0) is 96.3 Å². The topological polar surface area (TPSA) is 102 Å². The summed E-state index contributed by atoms with van der Waals surface area (Å²) in [5.41, 5.74) is -0.500. The summed E-state index contributed by atoms with van der Waals surface area (Å²) in [6.07, 6.45) is 8.96. The molecule has 0 N–H and O–H groups in total. The van der Waals surface area contributed by atoms with Crippen LogP contribution in [0.15, 0.2) is 24.3 Å². The zero-order valence-electron chi connectivity index (χ0n) is 34.0. The zero-order chi connectivity index (χ0) is 41.1. The summed E-state index contributed by atoms with van der Waals surface area (Å²) >= 11 is 0. The summed E-state index contributed by atoms with van der Waals surface area (Å²) in [6.45, 7) is 11.2. The Morgan fingerprint density at radius 1 is 1.09 bits per heavy atom. The molecule has 3 saturated heterocycles. The largest absolute Gasteiger partial charge is 0.468 e. The van der Waals surface area contributed by atoms with Crippen LogP contribution in [0.2, 0.25) is 0 Å². The highest BCUT2D eigenvalue weighted by Crippen LogP contribution is 2.45. The third kappa shape index (κ3) is 7.04. The monoisotopic (exact) mass is 800 g/mol. The van der Waals surface area contributed by atoms with Crippen molar-refractivity contribution in [1.29, 1.82) is 0 Å². The molecule has 2 aromatic heterocycles. The van der Waals surface area contributed by atoms with Gasteiger partial charge in [0.25, 0.3) is 0 Å². The van der Waals surface area contributed by atoms with Crippen LogP contribution in [-0.2, 0) is 15.9 Å². The number of ether oxygens (including phenoxy) is 4. The van der Waals surface area contributed by atoms with Crippen LogP contribution >= 0.6 is 0 Å². The number of hydrogen-bond donors (Lipinski definition) is 0. The number of carbonyl (C=O) groups is 1. The van der Waals surface area contributed by atoms with Crippen molar-refractivity contribution in [3.8, 4) is 35.4 Å². The molecule has 0 radical (unpaired) electrons. The number of aromatic nitrogens is 3. The summed E-state index contributed by atoms with van der Waals surface area (Å²) in [7, 11) is 1.49. The average molecular weight is 801 g/mol. The van der Waals surface area contributed by atoms with Gasteiger partial charge in [-0.25, -0.2) is 22.9 Å². The summed E-state index contributed by atoms with van der Waals surface area (Å²) < 4.78 is 71.3. The molecule has 0 aliphatic carbocycles. The minimum absolute atomic E-state index is 0.0125. The molecule has 4 aliphatic heterocycles. The Balaban J connectivity index is 1.33. The van der Waals surface area contributed by atoms with E-state index in [9.17, 15) is 9.18 Å². The maximum atomic E-state index is 17.7. The van der Waals surface area contributed by atoms with Gasteiger partial charge in [0.1, 0.15) is 47.0 Å². The predicted octanol–water partition coefficient (Wildman–Crippen LogP) is 7.97. The van der Waals surface area contributed by atoms with Crippen LogP contribution in [0.25, 0.3) is 32.9 Å². The van der Waals surface area contributed by atoms with Crippen LogP contribution < -0.4 is 14.4 Å². The van der Waals surface area contributed by atoms with E-state index in [-0.39, 0.29) is 66.0 Å². The van der Waals surface area contributed by atoms with Gasteiger partial charge < -0.3 is 23.8 Å². The molecule has 0 saturated carbocycles. The van der Waals surface area contributed by atoms with E-state index in [1.165, 1.54) is 13.2 Å². The van der Waals surface area contributed by atoms with Crippen LogP contribution in [0.3, 0.4) is 0 Å². The Morgan fingerprint density at radius 2 is 1.90 bits per heavy atom. The molecule has 0 bridgehead atoms. The Morgan fingerprint density at radius 3 is 2.64 bits per heavy atom. The molecule has 14 heteroatoms. The van der Waals surface area contributed by atoms with Gasteiger partial charge in [0.15, 0.2) is 12.6 Å². The molecule has 4 aliphatic rings. The first-order valence-electron chi connectivity index (χ1n) is 20.3. The number of rotatable bonds is 8. The molecule has 8 rings (SSSR count). The minimum atomic E-state index is -0.964. The Labute approximate surface area is 337 Å². The lowest BCUT2D eigenvalue weighted by Crippen LogP contribution is -2.65. The van der Waals surface area contributed by atoms with Crippen LogP contribution in [0.5, 0.6) is 11.8 Å². The summed E-state index contributed by atoms with van der Waals surface area (Å²) in [4.78, 5) is 34.7. The van der Waals surface area contributed by atoms with Crippen molar-refractivity contribution in [2.45, 2.75) is 115 Å². The number of anilines is 1. The van der Waals surface area contributed by atoms with Gasteiger partial charge in [0.05, 0.1) is 40.3 Å². The smallest absolute Gasteiger partial charge is 0.410 e. The number of methoxy groups -OCH3 is 1. The number of nitrogens with zero attached hydrogens (tertiary/aromatic N) is 6. The van der Waals surface area contributed by atoms with Crippen molar-refractivity contribution in [3.63, 3.8) is 0 Å². The van der Waals surface area contributed by atoms with E-state index in [1.807, 2.05) is 39.5 Å². The second kappa shape index (κ2) is 15.4. The zero-order valence-corrected chi connectivity index (χ0v) is 34.0. The molecular weight excluding hydrogens is 750 g/mol. The number of halogens is 3. The molecule has 58 heavy (non-hydrogen) atoms. The Bertz CT molecular complexity index is 2300. The lowest BCUT2D eigenvalue weighted by Gasteiger charge is -2.51. The number of aryl methyl sites for hydroxylation is 1. The van der Waals surface area contributed by atoms with Crippen molar-refractivity contribution in [1.82, 2.24) is 24.8 Å². The normalized spacial score (nSPS) is 24.6. The molecule has 2 aromatic carbocycles. The van der Waals surface area contributed by atoms with Crippen LogP contribution in [-0.4, -0.2) is 106 Å². The standard InChI is InChI=1S/C44H51F3N6O5/c1-8-28-22-52-34(25(3)53(28)42(54)58-43(4,5)6)13-10-12-33-36-39(49-41(50-40(36)52)56-23-44-16-11-17-51(44)21-27(45)20-44)37(47)38(48-33)31-19-29(57-24-55-7)18-26-14-15-32(46)30(9-2)35(26)31/h2,14-15,18-19,25,27-28,34H,8,10-13,16-17,20-24H2,1,3-7H3/t25-,27+,28?,34+,44-/m0/s1. The first-order chi connectivity index (χ1) is 27.8. The van der Waals surface area contributed by atoms with Gasteiger partial charge in [0, 0.05) is 37.6 Å². The summed E-state index contributed by atoms with van der Waals surface area (Å²) in [5.74, 6) is 1.88. The highest BCUT2D eigenvalue weighted by molar-refractivity contribution is 6.03. The first kappa shape index (κ1) is 39.9. The molecular formula is C44H51F3N6O5. The fraction of sp³-hybridized carbons (Fsp3) is 0.545. The second-order valence-corrected chi connectivity index (χ2v) is 17.1. The van der Waals surface area contributed by atoms with Crippen LogP contribution in [0.4, 0.5) is 23.8 Å². The molecule has 1 amide bonds. The summed E-state index contributed by atoms with van der Waals surface area (Å²) in [6, 6.07) is 5.35. The molecule has 4 aromatic rings. The fourth-order valence-electron chi connectivity index (χ4n) is 9.74. The van der Waals surface area contributed by atoms with Crippen molar-refractivity contribution in [3.05, 3.63) is 47.2 Å². The van der Waals surface area contributed by atoms with Gasteiger partial charge >= 0.3 is 12.1 Å². The maximum Gasteiger partial charge on any atom is 0.410 e. The third-order valence-corrected chi connectivity index (χ3v) is 12.3. The van der Waals surface area contributed by atoms with E-state index < -0.39 is 28.9 Å². The number of piperazine rings is 1. The highest BCUT2D eigenvalue weighted by atomic mass is 19.1. The number of amides is 1. The second-order valence-electron chi connectivity index (χ2n) is 17.1. The van der Waals surface area contributed by atoms with E-state index in [1.54, 1.807) is 18.2 Å². The quantitative estimate of drug-likeness (QED) is 0.129. The first-order valence-corrected chi connectivity index (χ1v) is 20.3. The molecule has 3 fully saturated rings. The lowest BCUT2D eigenvalue weighted by molar-refractivity contribution is -0.00408. The van der Waals surface area contributed by atoms with Crippen LogP contribution in [0, 0.1) is 24.0 Å². The third-order valence-electron chi connectivity index (χ3n) is 12.3. The van der Waals surface area contributed by atoms with Crippen molar-refractivity contribution in [2.24, 2.45) is 0 Å². The molecule has 308 valence electrons. The molecule has 6 heterocycles. The average Bonchev–Trinajstić information content (AvgIpc) is 3.71. The number of alkyl halides is 1. The predicted molar refractivity (Wildman–Crippen MR) is 215 cm³/mol. The van der Waals surface area contributed by atoms with Gasteiger partial charge in [-0.1, -0.05) is 18.9 Å². The number of pyridine rings is 1. The van der Waals surface area contributed by atoms with Gasteiger partial charge in [-0.3, -0.25) is 9.80 Å². The van der Waals surface area contributed by atoms with E-state index in [2.05, 4.69) is 15.7 Å². The Kier molecular flexibility index (Phi) is 10.6. The van der Waals surface area contributed by atoms with E-state index >= 15 is 8.78 Å². The lowest BCUT2D eigenvalue weighted by atomic mass is 9.90.